The molecule has 17 heavy (non-hydrogen) atoms. The van der Waals surface area contributed by atoms with E-state index < -0.39 is 6.10 Å². The zero-order valence-corrected chi connectivity index (χ0v) is 10.8. The van der Waals surface area contributed by atoms with E-state index in [0.29, 0.717) is 12.2 Å². The first-order valence-electron chi connectivity index (χ1n) is 5.67. The molecule has 1 unspecified atom stereocenters. The number of hydrogen-bond donors (Lipinski definition) is 2. The van der Waals surface area contributed by atoms with Crippen LogP contribution in [-0.4, -0.2) is 28.8 Å². The number of carbonyl (C=O) groups is 1. The Morgan fingerprint density at radius 1 is 1.59 bits per heavy atom. The maximum absolute atomic E-state index is 11.6. The number of aromatic nitrogens is 1. The molecule has 1 amide bonds. The van der Waals surface area contributed by atoms with Crippen LogP contribution in [0.5, 0.6) is 0 Å². The van der Waals surface area contributed by atoms with Gasteiger partial charge in [-0.2, -0.15) is 0 Å². The fraction of sp³-hybridized carbons (Fsp3) is 0.667. The van der Waals surface area contributed by atoms with E-state index in [-0.39, 0.29) is 23.6 Å². The van der Waals surface area contributed by atoms with Crippen molar-refractivity contribution >= 4 is 5.91 Å². The summed E-state index contributed by atoms with van der Waals surface area (Å²) in [7, 11) is 0. The summed E-state index contributed by atoms with van der Waals surface area (Å²) in [6.45, 7) is 8.07. The van der Waals surface area contributed by atoms with Gasteiger partial charge < -0.3 is 14.9 Å². The Kier molecular flexibility index (Phi) is 4.28. The molecule has 1 rings (SSSR count). The van der Waals surface area contributed by atoms with E-state index >= 15 is 0 Å². The number of aliphatic hydroxyl groups is 1. The van der Waals surface area contributed by atoms with Gasteiger partial charge in [-0.05, 0) is 18.8 Å². The molecule has 0 saturated heterocycles. The summed E-state index contributed by atoms with van der Waals surface area (Å²) < 4.78 is 4.80. The normalized spacial score (nSPS) is 13.5. The van der Waals surface area contributed by atoms with Crippen molar-refractivity contribution in [3.05, 3.63) is 17.5 Å². The largest absolute Gasteiger partial charge is 0.391 e. The van der Waals surface area contributed by atoms with Gasteiger partial charge in [-0.3, -0.25) is 4.79 Å². The molecule has 1 atom stereocenters. The number of carbonyl (C=O) groups excluding carboxylic acids is 1. The molecule has 0 aliphatic rings. The monoisotopic (exact) mass is 240 g/mol. The summed E-state index contributed by atoms with van der Waals surface area (Å²) in [4.78, 5) is 11.6. The Labute approximate surface area is 101 Å². The standard InChI is InChI=1S/C12H20N2O3/c1-8-5-10(14-17-8)11(16)13-7-9(15)6-12(2,3)4/h5,9,15H,6-7H2,1-4H3,(H,13,16). The highest BCUT2D eigenvalue weighted by Crippen LogP contribution is 2.20. The van der Waals surface area contributed by atoms with Crippen LogP contribution in [0.3, 0.4) is 0 Å². The maximum Gasteiger partial charge on any atom is 0.273 e. The highest BCUT2D eigenvalue weighted by atomic mass is 16.5. The molecule has 0 radical (unpaired) electrons. The van der Waals surface area contributed by atoms with Crippen LogP contribution in [0.15, 0.2) is 10.6 Å². The predicted molar refractivity (Wildman–Crippen MR) is 63.7 cm³/mol. The van der Waals surface area contributed by atoms with Gasteiger partial charge in [0.2, 0.25) is 0 Å². The highest BCUT2D eigenvalue weighted by Gasteiger charge is 2.18. The zero-order valence-electron chi connectivity index (χ0n) is 10.8. The topological polar surface area (TPSA) is 75.4 Å². The molecule has 0 aromatic carbocycles. The van der Waals surface area contributed by atoms with Crippen molar-refractivity contribution in [1.29, 1.82) is 0 Å². The van der Waals surface area contributed by atoms with Crippen molar-refractivity contribution in [3.8, 4) is 0 Å². The Morgan fingerprint density at radius 2 is 2.24 bits per heavy atom. The van der Waals surface area contributed by atoms with Gasteiger partial charge in [0, 0.05) is 12.6 Å². The van der Waals surface area contributed by atoms with E-state index in [4.69, 9.17) is 4.52 Å². The molecule has 5 nitrogen and oxygen atoms in total. The summed E-state index contributed by atoms with van der Waals surface area (Å²) in [6, 6.07) is 1.56. The lowest BCUT2D eigenvalue weighted by Gasteiger charge is -2.22. The molecule has 1 aromatic heterocycles. The summed E-state index contributed by atoms with van der Waals surface area (Å²) in [5, 5.41) is 15.9. The third kappa shape index (κ3) is 4.99. The van der Waals surface area contributed by atoms with Crippen molar-refractivity contribution in [3.63, 3.8) is 0 Å². The highest BCUT2D eigenvalue weighted by molar-refractivity contribution is 5.92. The minimum Gasteiger partial charge on any atom is -0.391 e. The first-order valence-corrected chi connectivity index (χ1v) is 5.67. The van der Waals surface area contributed by atoms with Gasteiger partial charge in [-0.25, -0.2) is 0 Å². The molecule has 0 spiro atoms. The Bertz CT molecular complexity index is 379. The lowest BCUT2D eigenvalue weighted by atomic mass is 9.89. The van der Waals surface area contributed by atoms with Gasteiger partial charge >= 0.3 is 0 Å². The number of nitrogens with one attached hydrogen (secondary N) is 1. The minimum absolute atomic E-state index is 0.0363. The van der Waals surface area contributed by atoms with Gasteiger partial charge in [-0.1, -0.05) is 25.9 Å². The molecule has 0 saturated carbocycles. The van der Waals surface area contributed by atoms with Gasteiger partial charge in [0.25, 0.3) is 5.91 Å². The molecule has 1 heterocycles. The van der Waals surface area contributed by atoms with Crippen molar-refractivity contribution in [2.24, 2.45) is 5.41 Å². The molecule has 0 fully saturated rings. The average molecular weight is 240 g/mol. The molecule has 96 valence electrons. The number of hydrogen-bond acceptors (Lipinski definition) is 4. The Hall–Kier alpha value is -1.36. The van der Waals surface area contributed by atoms with Crippen molar-refractivity contribution in [1.82, 2.24) is 10.5 Å². The first-order chi connectivity index (χ1) is 7.78. The zero-order chi connectivity index (χ0) is 13.1. The fourth-order valence-corrected chi connectivity index (χ4v) is 1.55. The van der Waals surface area contributed by atoms with E-state index in [1.54, 1.807) is 13.0 Å². The van der Waals surface area contributed by atoms with E-state index in [0.717, 1.165) is 0 Å². The quantitative estimate of drug-likeness (QED) is 0.836. The van der Waals surface area contributed by atoms with Crippen LogP contribution in [0, 0.1) is 12.3 Å². The van der Waals surface area contributed by atoms with Crippen LogP contribution in [-0.2, 0) is 0 Å². The summed E-state index contributed by atoms with van der Waals surface area (Å²) in [6.07, 6.45) is 0.0810. The summed E-state index contributed by atoms with van der Waals surface area (Å²) in [5.74, 6) is 0.264. The maximum atomic E-state index is 11.6. The molecule has 1 aromatic rings. The Morgan fingerprint density at radius 3 is 2.71 bits per heavy atom. The average Bonchev–Trinajstić information content (AvgIpc) is 2.58. The molecule has 0 aliphatic carbocycles. The molecule has 0 bridgehead atoms. The number of amides is 1. The molecule has 5 heteroatoms. The third-order valence-corrected chi connectivity index (χ3v) is 2.21. The lowest BCUT2D eigenvalue weighted by molar-refractivity contribution is 0.0860. The lowest BCUT2D eigenvalue weighted by Crippen LogP contribution is -2.34. The number of aryl methyl sites for hydroxylation is 1. The molecular weight excluding hydrogens is 220 g/mol. The minimum atomic E-state index is -0.549. The Balaban J connectivity index is 2.38. The molecule has 0 aliphatic heterocycles. The second kappa shape index (κ2) is 5.31. The van der Waals surface area contributed by atoms with Gasteiger partial charge in [-0.15, -0.1) is 0 Å². The van der Waals surface area contributed by atoms with Crippen LogP contribution in [0.1, 0.15) is 43.4 Å². The third-order valence-electron chi connectivity index (χ3n) is 2.21. The predicted octanol–water partition coefficient (Wildman–Crippen LogP) is 1.51. The van der Waals surface area contributed by atoms with E-state index in [1.165, 1.54) is 0 Å². The SMILES string of the molecule is Cc1cc(C(=O)NCC(O)CC(C)(C)C)no1. The van der Waals surface area contributed by atoms with E-state index in [1.807, 2.05) is 20.8 Å². The fourth-order valence-electron chi connectivity index (χ4n) is 1.55. The number of rotatable bonds is 4. The van der Waals surface area contributed by atoms with Crippen LogP contribution in [0.4, 0.5) is 0 Å². The van der Waals surface area contributed by atoms with Crippen molar-refractivity contribution in [2.75, 3.05) is 6.54 Å². The smallest absolute Gasteiger partial charge is 0.273 e. The summed E-state index contributed by atoms with van der Waals surface area (Å²) >= 11 is 0. The van der Waals surface area contributed by atoms with Crippen LogP contribution in [0.25, 0.3) is 0 Å². The van der Waals surface area contributed by atoms with Crippen LogP contribution < -0.4 is 5.32 Å². The second-order valence-corrected chi connectivity index (χ2v) is 5.45. The van der Waals surface area contributed by atoms with Gasteiger partial charge in [0.1, 0.15) is 5.76 Å². The van der Waals surface area contributed by atoms with Crippen LogP contribution in [0.2, 0.25) is 0 Å². The van der Waals surface area contributed by atoms with E-state index in [2.05, 4.69) is 10.5 Å². The number of aliphatic hydroxyl groups excluding tert-OH is 1. The van der Waals surface area contributed by atoms with Crippen molar-refractivity contribution < 1.29 is 14.4 Å². The van der Waals surface area contributed by atoms with E-state index in [9.17, 15) is 9.90 Å². The second-order valence-electron chi connectivity index (χ2n) is 5.45. The number of nitrogens with zero attached hydrogens (tertiary/aromatic N) is 1. The van der Waals surface area contributed by atoms with Crippen molar-refractivity contribution in [2.45, 2.75) is 40.2 Å². The van der Waals surface area contributed by atoms with Gasteiger partial charge in [0.15, 0.2) is 5.69 Å². The summed E-state index contributed by atoms with van der Waals surface area (Å²) in [5.41, 5.74) is 0.277. The molecule has 2 N–H and O–H groups in total. The molecular formula is C12H20N2O3. The van der Waals surface area contributed by atoms with Crippen LogP contribution >= 0.6 is 0 Å². The van der Waals surface area contributed by atoms with Gasteiger partial charge in [0.05, 0.1) is 6.10 Å². The first kappa shape index (κ1) is 13.7.